The van der Waals surface area contributed by atoms with E-state index in [0.29, 0.717) is 53.8 Å². The molecular weight excluding hydrogens is 421 g/mol. The van der Waals surface area contributed by atoms with Crippen LogP contribution in [0.4, 0.5) is 10.3 Å². The van der Waals surface area contributed by atoms with E-state index in [4.69, 9.17) is 20.7 Å². The number of rotatable bonds is 5. The number of benzene rings is 2. The van der Waals surface area contributed by atoms with E-state index < -0.39 is 5.82 Å². The minimum Gasteiger partial charge on any atom is -0.494 e. The minimum atomic E-state index is -0.652. The highest BCUT2D eigenvalue weighted by molar-refractivity contribution is 5.81. The van der Waals surface area contributed by atoms with Crippen molar-refractivity contribution in [1.29, 1.82) is 5.26 Å². The Labute approximate surface area is 191 Å². The molecule has 0 radical (unpaired) electrons. The van der Waals surface area contributed by atoms with Gasteiger partial charge in [0.2, 0.25) is 5.95 Å². The molecule has 1 saturated heterocycles. The fourth-order valence-electron chi connectivity index (χ4n) is 4.08. The molecule has 3 aromatic rings. The molecule has 0 aliphatic carbocycles. The zero-order chi connectivity index (χ0) is 23.5. The predicted octanol–water partition coefficient (Wildman–Crippen LogP) is 3.45. The van der Waals surface area contributed by atoms with Crippen molar-refractivity contribution in [3.8, 4) is 34.2 Å². The van der Waals surface area contributed by atoms with E-state index in [0.717, 1.165) is 12.8 Å². The Kier molecular flexibility index (Phi) is 6.43. The summed E-state index contributed by atoms with van der Waals surface area (Å²) in [6.07, 6.45) is 1.61. The van der Waals surface area contributed by atoms with Gasteiger partial charge in [0, 0.05) is 31.7 Å². The molecule has 0 atom stereocenters. The molecule has 0 spiro atoms. The average molecular weight is 448 g/mol. The van der Waals surface area contributed by atoms with Gasteiger partial charge in [-0.1, -0.05) is 18.2 Å². The van der Waals surface area contributed by atoms with Crippen molar-refractivity contribution in [2.45, 2.75) is 25.8 Å². The van der Waals surface area contributed by atoms with Crippen LogP contribution in [0.25, 0.3) is 22.4 Å². The second kappa shape index (κ2) is 9.43. The Morgan fingerprint density at radius 2 is 1.85 bits per heavy atom. The summed E-state index contributed by atoms with van der Waals surface area (Å²) in [5.41, 5.74) is 7.57. The monoisotopic (exact) mass is 447 g/mol. The third kappa shape index (κ3) is 4.45. The van der Waals surface area contributed by atoms with Gasteiger partial charge in [0.1, 0.15) is 17.6 Å². The van der Waals surface area contributed by atoms with Gasteiger partial charge < -0.3 is 15.4 Å². The highest BCUT2D eigenvalue weighted by Gasteiger charge is 2.24. The van der Waals surface area contributed by atoms with Gasteiger partial charge >= 0.3 is 0 Å². The van der Waals surface area contributed by atoms with Gasteiger partial charge in [-0.25, -0.2) is 9.37 Å². The number of anilines is 1. The summed E-state index contributed by atoms with van der Waals surface area (Å²) in [7, 11) is 1.69. The first-order valence-electron chi connectivity index (χ1n) is 11.0. The van der Waals surface area contributed by atoms with E-state index >= 15 is 0 Å². The average Bonchev–Trinajstić information content (AvgIpc) is 2.82. The molecule has 8 heteroatoms. The van der Waals surface area contributed by atoms with E-state index in [9.17, 15) is 9.18 Å². The van der Waals surface area contributed by atoms with Crippen molar-refractivity contribution >= 4 is 5.95 Å². The second-order valence-corrected chi connectivity index (χ2v) is 8.09. The van der Waals surface area contributed by atoms with Crippen LogP contribution in [0.3, 0.4) is 0 Å². The second-order valence-electron chi connectivity index (χ2n) is 8.09. The SMILES string of the molecule is CCOc1ccc(-c2c(-c3ccc(C#N)c(F)c3)nc(N3CCC(N)CC3)n(C)c2=O)cc1. The number of aromatic nitrogens is 2. The molecule has 1 aliphatic rings. The lowest BCUT2D eigenvalue weighted by Crippen LogP contribution is -2.42. The topological polar surface area (TPSA) is 97.2 Å². The Morgan fingerprint density at radius 3 is 2.45 bits per heavy atom. The Hall–Kier alpha value is -3.70. The number of ether oxygens (including phenoxy) is 1. The molecule has 170 valence electrons. The maximum atomic E-state index is 14.5. The maximum Gasteiger partial charge on any atom is 0.263 e. The largest absolute Gasteiger partial charge is 0.494 e. The molecule has 1 aromatic heterocycles. The quantitative estimate of drug-likeness (QED) is 0.643. The van der Waals surface area contributed by atoms with Crippen molar-refractivity contribution in [2.24, 2.45) is 12.8 Å². The smallest absolute Gasteiger partial charge is 0.263 e. The number of piperidine rings is 1. The van der Waals surface area contributed by atoms with Gasteiger partial charge in [-0.3, -0.25) is 9.36 Å². The van der Waals surface area contributed by atoms with Gasteiger partial charge in [-0.05, 0) is 49.6 Å². The van der Waals surface area contributed by atoms with Crippen LogP contribution in [-0.2, 0) is 7.05 Å². The van der Waals surface area contributed by atoms with E-state index in [2.05, 4.69) is 0 Å². The summed E-state index contributed by atoms with van der Waals surface area (Å²) in [6, 6.07) is 13.4. The first-order valence-corrected chi connectivity index (χ1v) is 11.0. The molecule has 2 heterocycles. The summed E-state index contributed by atoms with van der Waals surface area (Å²) in [4.78, 5) is 20.5. The lowest BCUT2D eigenvalue weighted by molar-refractivity contribution is 0.340. The molecule has 0 amide bonds. The van der Waals surface area contributed by atoms with Gasteiger partial charge in [0.05, 0.1) is 23.4 Å². The van der Waals surface area contributed by atoms with Crippen LogP contribution in [0.2, 0.25) is 0 Å². The van der Waals surface area contributed by atoms with Crippen LogP contribution in [0.5, 0.6) is 5.75 Å². The summed E-state index contributed by atoms with van der Waals surface area (Å²) in [5.74, 6) is 0.556. The molecule has 2 aromatic carbocycles. The minimum absolute atomic E-state index is 0.0598. The highest BCUT2D eigenvalue weighted by Crippen LogP contribution is 2.32. The van der Waals surface area contributed by atoms with Gasteiger partial charge in [0.25, 0.3) is 5.56 Å². The molecule has 33 heavy (non-hydrogen) atoms. The standard InChI is InChI=1S/C25H26FN5O2/c1-3-33-20-8-6-16(7-9-20)22-23(17-4-5-18(15-27)21(26)14-17)29-25(30(2)24(22)32)31-12-10-19(28)11-13-31/h4-9,14,19H,3,10-13,28H2,1-2H3. The van der Waals surface area contributed by atoms with Crippen molar-refractivity contribution < 1.29 is 9.13 Å². The van der Waals surface area contributed by atoms with Crippen LogP contribution in [0.15, 0.2) is 47.3 Å². The number of halogens is 1. The Morgan fingerprint density at radius 1 is 1.18 bits per heavy atom. The third-order valence-electron chi connectivity index (χ3n) is 5.91. The third-order valence-corrected chi connectivity index (χ3v) is 5.91. The Balaban J connectivity index is 1.91. The number of nitrogens with two attached hydrogens (primary N) is 1. The molecule has 1 aliphatic heterocycles. The van der Waals surface area contributed by atoms with Gasteiger partial charge in [-0.2, -0.15) is 5.26 Å². The Bertz CT molecular complexity index is 1260. The molecule has 4 rings (SSSR count). The lowest BCUT2D eigenvalue weighted by Gasteiger charge is -2.32. The van der Waals surface area contributed by atoms with Crippen LogP contribution >= 0.6 is 0 Å². The number of nitrogens with zero attached hydrogens (tertiary/aromatic N) is 4. The summed E-state index contributed by atoms with van der Waals surface area (Å²) in [5, 5.41) is 9.11. The molecule has 0 bridgehead atoms. The van der Waals surface area contributed by atoms with Gasteiger partial charge in [-0.15, -0.1) is 0 Å². The molecule has 2 N–H and O–H groups in total. The normalized spacial score (nSPS) is 14.2. The number of hydrogen-bond acceptors (Lipinski definition) is 6. The van der Waals surface area contributed by atoms with E-state index in [1.165, 1.54) is 16.7 Å². The molecular formula is C25H26FN5O2. The zero-order valence-electron chi connectivity index (χ0n) is 18.7. The summed E-state index contributed by atoms with van der Waals surface area (Å²) in [6.45, 7) is 3.81. The van der Waals surface area contributed by atoms with Crippen molar-refractivity contribution in [3.05, 3.63) is 64.2 Å². The lowest BCUT2D eigenvalue weighted by atomic mass is 9.99. The molecule has 1 fully saturated rings. The fourth-order valence-corrected chi connectivity index (χ4v) is 4.08. The van der Waals surface area contributed by atoms with Crippen molar-refractivity contribution in [2.75, 3.05) is 24.6 Å². The molecule has 7 nitrogen and oxygen atoms in total. The van der Waals surface area contributed by atoms with E-state index in [-0.39, 0.29) is 17.2 Å². The number of hydrogen-bond donors (Lipinski definition) is 1. The highest BCUT2D eigenvalue weighted by atomic mass is 19.1. The fraction of sp³-hybridized carbons (Fsp3) is 0.320. The van der Waals surface area contributed by atoms with Gasteiger partial charge in [0.15, 0.2) is 0 Å². The van der Waals surface area contributed by atoms with Crippen LogP contribution in [-0.4, -0.2) is 35.3 Å². The van der Waals surface area contributed by atoms with Crippen LogP contribution in [0, 0.1) is 17.1 Å². The maximum absolute atomic E-state index is 14.5. The first kappa shape index (κ1) is 22.5. The van der Waals surface area contributed by atoms with Crippen LogP contribution in [0.1, 0.15) is 25.3 Å². The van der Waals surface area contributed by atoms with Crippen molar-refractivity contribution in [1.82, 2.24) is 9.55 Å². The van der Waals surface area contributed by atoms with E-state index in [1.807, 2.05) is 17.9 Å². The zero-order valence-corrected chi connectivity index (χ0v) is 18.7. The summed E-state index contributed by atoms with van der Waals surface area (Å²) < 4.78 is 21.6. The number of nitriles is 1. The van der Waals surface area contributed by atoms with E-state index in [1.54, 1.807) is 37.4 Å². The van der Waals surface area contributed by atoms with Crippen molar-refractivity contribution in [3.63, 3.8) is 0 Å². The predicted molar refractivity (Wildman–Crippen MR) is 126 cm³/mol. The summed E-state index contributed by atoms with van der Waals surface area (Å²) >= 11 is 0. The molecule has 0 saturated carbocycles. The first-order chi connectivity index (χ1) is 15.9. The molecule has 0 unspecified atom stereocenters. The van der Waals surface area contributed by atoms with Crippen LogP contribution < -0.4 is 20.9 Å².